The van der Waals surface area contributed by atoms with Crippen LogP contribution in [-0.4, -0.2) is 69.3 Å². The Labute approximate surface area is 298 Å². The second kappa shape index (κ2) is 15.8. The van der Waals surface area contributed by atoms with Gasteiger partial charge < -0.3 is 34.7 Å². The van der Waals surface area contributed by atoms with E-state index < -0.39 is 36.5 Å². The summed E-state index contributed by atoms with van der Waals surface area (Å²) in [5.41, 5.74) is 2.09. The first-order chi connectivity index (χ1) is 23.8. The summed E-state index contributed by atoms with van der Waals surface area (Å²) in [5, 5.41) is 8.94. The van der Waals surface area contributed by atoms with Crippen LogP contribution in [0.3, 0.4) is 0 Å². The molecule has 272 valence electrons. The summed E-state index contributed by atoms with van der Waals surface area (Å²) >= 11 is 0. The van der Waals surface area contributed by atoms with E-state index in [0.29, 0.717) is 35.3 Å². The van der Waals surface area contributed by atoms with Crippen LogP contribution in [-0.2, 0) is 31.7 Å². The van der Waals surface area contributed by atoms with Crippen LogP contribution in [0, 0.1) is 23.2 Å². The SMILES string of the molecule is CCCCc1ccc(C(=O)N[C@@H](CNC(=O)Cc2ccc(OC)c(OC)c2)C(=O)N[C@@H](CC(C)C)B2O[C@@H]3C[C@H]4C[C@H](C4(C)C)[C@]3(C)O2)cc1. The van der Waals surface area contributed by atoms with Crippen molar-refractivity contribution in [3.05, 3.63) is 59.2 Å². The quantitative estimate of drug-likeness (QED) is 0.205. The smallest absolute Gasteiger partial charge is 0.481 e. The summed E-state index contributed by atoms with van der Waals surface area (Å²) < 4.78 is 24.0. The number of carbonyl (C=O) groups excluding carboxylic acids is 3. The molecule has 2 aromatic rings. The molecule has 4 aliphatic rings. The Morgan fingerprint density at radius 2 is 1.66 bits per heavy atom. The van der Waals surface area contributed by atoms with Gasteiger partial charge in [-0.2, -0.15) is 0 Å². The highest BCUT2D eigenvalue weighted by molar-refractivity contribution is 6.48. The van der Waals surface area contributed by atoms with Crippen molar-refractivity contribution in [2.24, 2.45) is 23.2 Å². The zero-order valence-electron chi connectivity index (χ0n) is 31.1. The molecule has 6 rings (SSSR count). The third kappa shape index (κ3) is 8.15. The predicted molar refractivity (Wildman–Crippen MR) is 194 cm³/mol. The van der Waals surface area contributed by atoms with Crippen molar-refractivity contribution in [3.63, 3.8) is 0 Å². The summed E-state index contributed by atoms with van der Waals surface area (Å²) in [6, 6.07) is 11.7. The first-order valence-corrected chi connectivity index (χ1v) is 18.3. The first-order valence-electron chi connectivity index (χ1n) is 18.3. The van der Waals surface area contributed by atoms with Gasteiger partial charge >= 0.3 is 7.12 Å². The van der Waals surface area contributed by atoms with E-state index >= 15 is 0 Å². The minimum Gasteiger partial charge on any atom is -0.493 e. The van der Waals surface area contributed by atoms with Crippen molar-refractivity contribution < 1.29 is 33.2 Å². The number of amides is 3. The molecule has 3 amide bonds. The first kappa shape index (κ1) is 37.7. The van der Waals surface area contributed by atoms with Gasteiger partial charge in [0.2, 0.25) is 11.8 Å². The minimum absolute atomic E-state index is 0.0255. The Bertz CT molecular complexity index is 1520. The lowest BCUT2D eigenvalue weighted by Gasteiger charge is -2.64. The molecule has 3 saturated carbocycles. The van der Waals surface area contributed by atoms with Crippen LogP contribution in [0.25, 0.3) is 0 Å². The molecule has 3 N–H and O–H groups in total. The number of rotatable bonds is 16. The minimum atomic E-state index is -1.04. The van der Waals surface area contributed by atoms with Crippen LogP contribution < -0.4 is 25.4 Å². The monoisotopic (exact) mass is 689 g/mol. The number of nitrogens with one attached hydrogen (secondary N) is 3. The van der Waals surface area contributed by atoms with Crippen molar-refractivity contribution in [2.45, 2.75) is 110 Å². The maximum Gasteiger partial charge on any atom is 0.481 e. The molecule has 50 heavy (non-hydrogen) atoms. The molecule has 11 heteroatoms. The molecule has 2 bridgehead atoms. The molecule has 0 spiro atoms. The van der Waals surface area contributed by atoms with Crippen molar-refractivity contribution in [2.75, 3.05) is 20.8 Å². The predicted octanol–water partition coefficient (Wildman–Crippen LogP) is 5.30. The van der Waals surface area contributed by atoms with Gasteiger partial charge in [-0.15, -0.1) is 0 Å². The number of methoxy groups -OCH3 is 2. The van der Waals surface area contributed by atoms with Crippen LogP contribution in [0.2, 0.25) is 0 Å². The van der Waals surface area contributed by atoms with E-state index in [1.165, 1.54) is 7.11 Å². The molecular formula is C39H56BN3O7. The molecule has 10 nitrogen and oxygen atoms in total. The number of hydrogen-bond donors (Lipinski definition) is 3. The third-order valence-corrected chi connectivity index (χ3v) is 11.3. The van der Waals surface area contributed by atoms with E-state index in [2.05, 4.69) is 57.5 Å². The van der Waals surface area contributed by atoms with E-state index in [1.807, 2.05) is 12.1 Å². The van der Waals surface area contributed by atoms with Gasteiger partial charge in [-0.25, -0.2) is 0 Å². The Kier molecular flexibility index (Phi) is 11.9. The fourth-order valence-electron chi connectivity index (χ4n) is 8.21. The lowest BCUT2D eigenvalue weighted by molar-refractivity contribution is -0.199. The standard InChI is InChI=1S/C39H56BN3O7/c1-9-10-11-25-12-15-27(16-13-25)36(45)42-29(23-41-35(44)20-26-14-17-30(47-7)31(19-26)48-8)37(46)43-34(18-24(2)3)40-49-33-22-28-21-32(38(28,4)5)39(33,6)50-40/h12-17,19,24,28-29,32-34H,9-11,18,20-23H2,1-8H3,(H,41,44)(H,42,45)(H,43,46)/t28-,29+,32-,33-,34+,39+/m1/s1. The van der Waals surface area contributed by atoms with E-state index in [9.17, 15) is 14.4 Å². The maximum atomic E-state index is 14.1. The van der Waals surface area contributed by atoms with Crippen LogP contribution in [0.15, 0.2) is 42.5 Å². The van der Waals surface area contributed by atoms with E-state index in [-0.39, 0.29) is 36.3 Å². The van der Waals surface area contributed by atoms with Gasteiger partial charge in [-0.3, -0.25) is 14.4 Å². The van der Waals surface area contributed by atoms with Gasteiger partial charge in [0.15, 0.2) is 11.5 Å². The molecule has 0 unspecified atom stereocenters. The highest BCUT2D eigenvalue weighted by atomic mass is 16.7. The molecule has 0 aromatic heterocycles. The number of benzene rings is 2. The summed E-state index contributed by atoms with van der Waals surface area (Å²) in [6.07, 6.45) is 5.84. The molecule has 6 atom stereocenters. The van der Waals surface area contributed by atoms with Gasteiger partial charge in [0.25, 0.3) is 5.91 Å². The Morgan fingerprint density at radius 3 is 2.30 bits per heavy atom. The number of ether oxygens (including phenoxy) is 2. The summed E-state index contributed by atoms with van der Waals surface area (Å²) in [6.45, 7) is 13.1. The highest BCUT2D eigenvalue weighted by Crippen LogP contribution is 2.65. The normalized spacial score (nSPS) is 24.4. The van der Waals surface area contributed by atoms with Crippen LogP contribution in [0.5, 0.6) is 11.5 Å². The summed E-state index contributed by atoms with van der Waals surface area (Å²) in [4.78, 5) is 40.8. The van der Waals surface area contributed by atoms with Gasteiger partial charge in [0, 0.05) is 12.1 Å². The molecule has 0 radical (unpaired) electrons. The van der Waals surface area contributed by atoms with Crippen molar-refractivity contribution in [3.8, 4) is 11.5 Å². The zero-order chi connectivity index (χ0) is 36.2. The lowest BCUT2D eigenvalue weighted by Crippen LogP contribution is -2.65. The van der Waals surface area contributed by atoms with E-state index in [0.717, 1.165) is 43.2 Å². The topological polar surface area (TPSA) is 124 Å². The summed E-state index contributed by atoms with van der Waals surface area (Å²) in [5.74, 6) is 0.777. The van der Waals surface area contributed by atoms with E-state index in [4.69, 9.17) is 18.8 Å². The van der Waals surface area contributed by atoms with Crippen molar-refractivity contribution in [1.82, 2.24) is 16.0 Å². The maximum absolute atomic E-state index is 14.1. The molecular weight excluding hydrogens is 633 g/mol. The molecule has 1 heterocycles. The Hall–Kier alpha value is -3.57. The Balaban J connectivity index is 1.30. The molecule has 4 fully saturated rings. The number of carbonyl (C=O) groups is 3. The molecule has 1 saturated heterocycles. The second-order valence-electron chi connectivity index (χ2n) is 15.6. The summed E-state index contributed by atoms with van der Waals surface area (Å²) in [7, 11) is 2.48. The third-order valence-electron chi connectivity index (χ3n) is 11.3. The number of hydrogen-bond acceptors (Lipinski definition) is 7. The van der Waals surface area contributed by atoms with E-state index in [1.54, 1.807) is 37.4 Å². The molecule has 3 aliphatic carbocycles. The van der Waals surface area contributed by atoms with Gasteiger partial charge in [-0.05, 0) is 97.6 Å². The molecule has 1 aliphatic heterocycles. The number of unbranched alkanes of at least 4 members (excludes halogenated alkanes) is 1. The van der Waals surface area contributed by atoms with Crippen LogP contribution in [0.1, 0.15) is 95.1 Å². The van der Waals surface area contributed by atoms with Crippen molar-refractivity contribution in [1.29, 1.82) is 0 Å². The van der Waals surface area contributed by atoms with Crippen LogP contribution >= 0.6 is 0 Å². The van der Waals surface area contributed by atoms with Gasteiger partial charge in [0.1, 0.15) is 6.04 Å². The highest BCUT2D eigenvalue weighted by Gasteiger charge is 2.68. The lowest BCUT2D eigenvalue weighted by atomic mass is 9.43. The fourth-order valence-corrected chi connectivity index (χ4v) is 8.21. The average Bonchev–Trinajstić information content (AvgIpc) is 3.46. The largest absolute Gasteiger partial charge is 0.493 e. The fraction of sp³-hybridized carbons (Fsp3) is 0.615. The van der Waals surface area contributed by atoms with Gasteiger partial charge in [0.05, 0.1) is 38.3 Å². The molecule has 2 aromatic carbocycles. The second-order valence-corrected chi connectivity index (χ2v) is 15.6. The zero-order valence-corrected chi connectivity index (χ0v) is 31.1. The number of aryl methyl sites for hydroxylation is 1. The van der Waals surface area contributed by atoms with Crippen LogP contribution in [0.4, 0.5) is 0 Å². The van der Waals surface area contributed by atoms with Gasteiger partial charge in [-0.1, -0.05) is 59.2 Å². The van der Waals surface area contributed by atoms with Crippen molar-refractivity contribution >= 4 is 24.8 Å². The average molecular weight is 690 g/mol. The Morgan fingerprint density at radius 1 is 0.960 bits per heavy atom.